The molecule has 1 amide bonds. The molecule has 0 radical (unpaired) electrons. The third-order valence-electron chi connectivity index (χ3n) is 3.42. The van der Waals surface area contributed by atoms with E-state index in [0.717, 1.165) is 5.69 Å². The molecule has 3 aromatic rings. The van der Waals surface area contributed by atoms with Gasteiger partial charge in [0.15, 0.2) is 0 Å². The summed E-state index contributed by atoms with van der Waals surface area (Å²) in [6.45, 7) is 0.648. The second kappa shape index (κ2) is 8.22. The average Bonchev–Trinajstić information content (AvgIpc) is 3.15. The second-order valence-corrected chi connectivity index (χ2v) is 6.80. The van der Waals surface area contributed by atoms with Gasteiger partial charge in [0.25, 0.3) is 5.91 Å². The highest BCUT2D eigenvalue weighted by molar-refractivity contribution is 9.10. The summed E-state index contributed by atoms with van der Waals surface area (Å²) in [5, 5.41) is 4.69. The van der Waals surface area contributed by atoms with E-state index in [1.165, 1.54) is 17.4 Å². The van der Waals surface area contributed by atoms with Gasteiger partial charge in [-0.05, 0) is 57.9 Å². The van der Waals surface area contributed by atoms with Gasteiger partial charge < -0.3 is 10.1 Å². The molecule has 0 aliphatic carbocycles. The number of amides is 1. The summed E-state index contributed by atoms with van der Waals surface area (Å²) >= 11 is 4.62. The van der Waals surface area contributed by atoms with E-state index < -0.39 is 0 Å². The highest BCUT2D eigenvalue weighted by Gasteiger charge is 2.07. The van der Waals surface area contributed by atoms with Gasteiger partial charge >= 0.3 is 0 Å². The largest absolute Gasteiger partial charge is 0.487 e. The van der Waals surface area contributed by atoms with Crippen LogP contribution in [0.15, 0.2) is 57.8 Å². The van der Waals surface area contributed by atoms with E-state index in [0.29, 0.717) is 28.0 Å². The van der Waals surface area contributed by atoms with Crippen molar-refractivity contribution in [1.82, 2.24) is 10.3 Å². The molecule has 0 spiro atoms. The summed E-state index contributed by atoms with van der Waals surface area (Å²) in [6, 6.07) is 11.6. The number of benzene rings is 2. The Kier molecular flexibility index (Phi) is 5.78. The van der Waals surface area contributed by atoms with E-state index in [1.807, 2.05) is 5.38 Å². The Balaban J connectivity index is 1.54. The first-order valence-electron chi connectivity index (χ1n) is 7.44. The van der Waals surface area contributed by atoms with Crippen LogP contribution in [0, 0.1) is 5.82 Å². The van der Waals surface area contributed by atoms with Crippen LogP contribution in [0.5, 0.6) is 5.75 Å². The number of ether oxygens (including phenoxy) is 1. The van der Waals surface area contributed by atoms with Crippen LogP contribution in [0.3, 0.4) is 0 Å². The lowest BCUT2D eigenvalue weighted by Gasteiger charge is -2.08. The third kappa shape index (κ3) is 4.87. The SMILES string of the molecule is O=C(NCc1ccc(Br)c(F)c1)c1ccc(OCc2cscn2)cc1. The lowest BCUT2D eigenvalue weighted by Crippen LogP contribution is -2.22. The predicted octanol–water partition coefficient (Wildman–Crippen LogP) is 4.55. The molecule has 4 nitrogen and oxygen atoms in total. The van der Waals surface area contributed by atoms with Gasteiger partial charge in [0.1, 0.15) is 18.2 Å². The molecule has 0 aliphatic rings. The molecule has 128 valence electrons. The van der Waals surface area contributed by atoms with Crippen LogP contribution >= 0.6 is 27.3 Å². The van der Waals surface area contributed by atoms with Crippen molar-refractivity contribution in [3.63, 3.8) is 0 Å². The van der Waals surface area contributed by atoms with Crippen LogP contribution in [0.25, 0.3) is 0 Å². The lowest BCUT2D eigenvalue weighted by atomic mass is 10.2. The number of rotatable bonds is 6. The Hall–Kier alpha value is -2.25. The summed E-state index contributed by atoms with van der Waals surface area (Å²) in [5.41, 5.74) is 3.83. The Morgan fingerprint density at radius 2 is 2.04 bits per heavy atom. The maximum atomic E-state index is 13.5. The van der Waals surface area contributed by atoms with Crippen molar-refractivity contribution in [1.29, 1.82) is 0 Å². The Labute approximate surface area is 156 Å². The van der Waals surface area contributed by atoms with Crippen LogP contribution in [-0.4, -0.2) is 10.9 Å². The van der Waals surface area contributed by atoms with Gasteiger partial charge in [-0.15, -0.1) is 11.3 Å². The number of halogens is 2. The van der Waals surface area contributed by atoms with Crippen molar-refractivity contribution in [3.05, 3.63) is 80.5 Å². The van der Waals surface area contributed by atoms with Crippen LogP contribution in [0.1, 0.15) is 21.6 Å². The maximum absolute atomic E-state index is 13.5. The number of aromatic nitrogens is 1. The lowest BCUT2D eigenvalue weighted by molar-refractivity contribution is 0.0951. The minimum atomic E-state index is -0.353. The van der Waals surface area contributed by atoms with E-state index >= 15 is 0 Å². The van der Waals surface area contributed by atoms with Crippen molar-refractivity contribution in [3.8, 4) is 5.75 Å². The Bertz CT molecular complexity index is 854. The second-order valence-electron chi connectivity index (χ2n) is 5.22. The number of carbonyl (C=O) groups excluding carboxylic acids is 1. The van der Waals surface area contributed by atoms with Crippen LogP contribution in [0.4, 0.5) is 4.39 Å². The minimum absolute atomic E-state index is 0.227. The van der Waals surface area contributed by atoms with Gasteiger partial charge in [0.05, 0.1) is 15.7 Å². The molecule has 0 unspecified atom stereocenters. The fraction of sp³-hybridized carbons (Fsp3) is 0.111. The summed E-state index contributed by atoms with van der Waals surface area (Å²) in [4.78, 5) is 16.3. The number of nitrogens with zero attached hydrogens (tertiary/aromatic N) is 1. The highest BCUT2D eigenvalue weighted by Crippen LogP contribution is 2.17. The molecule has 25 heavy (non-hydrogen) atoms. The van der Waals surface area contributed by atoms with Gasteiger partial charge in [-0.1, -0.05) is 6.07 Å². The Morgan fingerprint density at radius 1 is 1.24 bits per heavy atom. The monoisotopic (exact) mass is 420 g/mol. The van der Waals surface area contributed by atoms with Crippen LogP contribution in [-0.2, 0) is 13.2 Å². The molecule has 0 saturated heterocycles. The van der Waals surface area contributed by atoms with Gasteiger partial charge in [0.2, 0.25) is 0 Å². The zero-order valence-electron chi connectivity index (χ0n) is 13.0. The van der Waals surface area contributed by atoms with Gasteiger partial charge in [-0.25, -0.2) is 9.37 Å². The average molecular weight is 421 g/mol. The summed E-state index contributed by atoms with van der Waals surface area (Å²) < 4.78 is 19.5. The van der Waals surface area contributed by atoms with E-state index in [9.17, 15) is 9.18 Å². The maximum Gasteiger partial charge on any atom is 0.251 e. The zero-order chi connectivity index (χ0) is 17.6. The number of hydrogen-bond donors (Lipinski definition) is 1. The van der Waals surface area contributed by atoms with Crippen molar-refractivity contribution in [2.24, 2.45) is 0 Å². The molecule has 0 atom stereocenters. The van der Waals surface area contributed by atoms with Crippen LogP contribution < -0.4 is 10.1 Å². The molecule has 1 aromatic heterocycles. The molecule has 0 saturated carbocycles. The van der Waals surface area contributed by atoms with Gasteiger partial charge in [-0.3, -0.25) is 4.79 Å². The first kappa shape index (κ1) is 17.6. The Morgan fingerprint density at radius 3 is 2.72 bits per heavy atom. The van der Waals surface area contributed by atoms with Gasteiger partial charge in [0, 0.05) is 17.5 Å². The normalized spacial score (nSPS) is 10.5. The van der Waals surface area contributed by atoms with E-state index in [1.54, 1.807) is 41.9 Å². The summed E-state index contributed by atoms with van der Waals surface area (Å²) in [6.07, 6.45) is 0. The van der Waals surface area contributed by atoms with Gasteiger partial charge in [-0.2, -0.15) is 0 Å². The molecule has 1 N–H and O–H groups in total. The fourth-order valence-electron chi connectivity index (χ4n) is 2.10. The topological polar surface area (TPSA) is 51.2 Å². The molecule has 3 rings (SSSR count). The smallest absolute Gasteiger partial charge is 0.251 e. The molecular formula is C18H14BrFN2O2S. The fourth-order valence-corrected chi connectivity index (χ4v) is 2.89. The number of carbonyl (C=O) groups is 1. The summed E-state index contributed by atoms with van der Waals surface area (Å²) in [5.74, 6) is 0.0854. The van der Waals surface area contributed by atoms with E-state index in [-0.39, 0.29) is 18.3 Å². The first-order chi connectivity index (χ1) is 12.1. The van der Waals surface area contributed by atoms with E-state index in [2.05, 4.69) is 26.2 Å². The molecule has 7 heteroatoms. The zero-order valence-corrected chi connectivity index (χ0v) is 15.4. The predicted molar refractivity (Wildman–Crippen MR) is 98.2 cm³/mol. The molecule has 1 heterocycles. The number of nitrogens with one attached hydrogen (secondary N) is 1. The van der Waals surface area contributed by atoms with E-state index in [4.69, 9.17) is 4.74 Å². The first-order valence-corrected chi connectivity index (χ1v) is 9.17. The van der Waals surface area contributed by atoms with Crippen molar-refractivity contribution >= 4 is 33.2 Å². The quantitative estimate of drug-likeness (QED) is 0.635. The van der Waals surface area contributed by atoms with Crippen molar-refractivity contribution in [2.75, 3.05) is 0 Å². The molecule has 0 bridgehead atoms. The molecule has 0 aliphatic heterocycles. The number of hydrogen-bond acceptors (Lipinski definition) is 4. The highest BCUT2D eigenvalue weighted by atomic mass is 79.9. The van der Waals surface area contributed by atoms with Crippen LogP contribution in [0.2, 0.25) is 0 Å². The third-order valence-corrected chi connectivity index (χ3v) is 4.70. The number of thiazole rings is 1. The molecular weight excluding hydrogens is 407 g/mol. The minimum Gasteiger partial charge on any atom is -0.487 e. The van der Waals surface area contributed by atoms with Crippen molar-refractivity contribution < 1.29 is 13.9 Å². The van der Waals surface area contributed by atoms with Crippen molar-refractivity contribution in [2.45, 2.75) is 13.2 Å². The summed E-state index contributed by atoms with van der Waals surface area (Å²) in [7, 11) is 0. The molecule has 0 fully saturated rings. The standard InChI is InChI=1S/C18H14BrFN2O2S/c19-16-6-1-12(7-17(16)20)8-21-18(23)13-2-4-15(5-3-13)24-9-14-10-25-11-22-14/h1-7,10-11H,8-9H2,(H,21,23). The molecule has 2 aromatic carbocycles.